The third kappa shape index (κ3) is 5.67. The van der Waals surface area contributed by atoms with Gasteiger partial charge in [0.2, 0.25) is 5.91 Å². The van der Waals surface area contributed by atoms with Gasteiger partial charge in [0.05, 0.1) is 24.6 Å². The molecular formula is C17H25FN2O4S. The van der Waals surface area contributed by atoms with Gasteiger partial charge in [-0.15, -0.1) is 0 Å². The van der Waals surface area contributed by atoms with Gasteiger partial charge in [-0.3, -0.25) is 9.69 Å². The van der Waals surface area contributed by atoms with E-state index in [1.165, 1.54) is 6.07 Å². The first-order chi connectivity index (χ1) is 11.8. The van der Waals surface area contributed by atoms with Crippen molar-refractivity contribution in [2.75, 3.05) is 44.8 Å². The van der Waals surface area contributed by atoms with Gasteiger partial charge < -0.3 is 9.64 Å². The monoisotopic (exact) mass is 372 g/mol. The predicted molar refractivity (Wildman–Crippen MR) is 93.8 cm³/mol. The van der Waals surface area contributed by atoms with Crippen LogP contribution in [0.4, 0.5) is 4.39 Å². The van der Waals surface area contributed by atoms with E-state index in [0.717, 1.165) is 0 Å². The molecule has 1 atom stereocenters. The summed E-state index contributed by atoms with van der Waals surface area (Å²) in [6, 6.07) is 6.03. The summed E-state index contributed by atoms with van der Waals surface area (Å²) in [5.74, 6) is -0.0616. The van der Waals surface area contributed by atoms with Crippen LogP contribution in [0.1, 0.15) is 13.3 Å². The highest BCUT2D eigenvalue weighted by Gasteiger charge is 2.31. The molecule has 140 valence electrons. The summed E-state index contributed by atoms with van der Waals surface area (Å²) in [6.45, 7) is 3.08. The molecule has 0 aliphatic carbocycles. The summed E-state index contributed by atoms with van der Waals surface area (Å²) in [7, 11) is -1.20. The molecule has 1 fully saturated rings. The van der Waals surface area contributed by atoms with Crippen LogP contribution < -0.4 is 4.74 Å². The minimum Gasteiger partial charge on any atom is -0.489 e. The zero-order valence-corrected chi connectivity index (χ0v) is 15.5. The second-order valence-corrected chi connectivity index (χ2v) is 8.45. The highest BCUT2D eigenvalue weighted by molar-refractivity contribution is 7.91. The van der Waals surface area contributed by atoms with Crippen molar-refractivity contribution in [1.29, 1.82) is 0 Å². The summed E-state index contributed by atoms with van der Waals surface area (Å²) in [5.41, 5.74) is 0. The number of ether oxygens (including phenoxy) is 1. The van der Waals surface area contributed by atoms with Crippen molar-refractivity contribution in [3.63, 3.8) is 0 Å². The van der Waals surface area contributed by atoms with E-state index < -0.39 is 15.7 Å². The minimum absolute atomic E-state index is 0.0913. The van der Waals surface area contributed by atoms with Crippen molar-refractivity contribution in [3.8, 4) is 5.75 Å². The zero-order valence-electron chi connectivity index (χ0n) is 14.7. The number of carbonyl (C=O) groups is 1. The molecule has 0 aromatic heterocycles. The molecule has 1 heterocycles. The van der Waals surface area contributed by atoms with Crippen molar-refractivity contribution >= 4 is 15.7 Å². The first-order valence-electron chi connectivity index (χ1n) is 8.38. The fourth-order valence-corrected chi connectivity index (χ4v) is 4.66. The smallest absolute Gasteiger partial charge is 0.236 e. The Bertz CT molecular complexity index is 696. The number of para-hydroxylation sites is 1. The predicted octanol–water partition coefficient (Wildman–Crippen LogP) is 1.17. The molecule has 1 aromatic rings. The molecule has 0 N–H and O–H groups in total. The Labute approximate surface area is 148 Å². The van der Waals surface area contributed by atoms with E-state index in [2.05, 4.69) is 0 Å². The third-order valence-corrected chi connectivity index (χ3v) is 6.16. The van der Waals surface area contributed by atoms with Crippen LogP contribution in [0.3, 0.4) is 0 Å². The molecule has 1 saturated heterocycles. The maximum absolute atomic E-state index is 13.5. The number of nitrogens with zero attached hydrogens (tertiary/aromatic N) is 2. The lowest BCUT2D eigenvalue weighted by Gasteiger charge is -2.27. The van der Waals surface area contributed by atoms with E-state index in [9.17, 15) is 17.6 Å². The number of amides is 1. The molecule has 1 aliphatic rings. The topological polar surface area (TPSA) is 66.9 Å². The lowest BCUT2D eigenvalue weighted by atomic mass is 10.2. The van der Waals surface area contributed by atoms with E-state index in [1.807, 2.05) is 6.92 Å². The average Bonchev–Trinajstić information content (AvgIpc) is 2.93. The van der Waals surface area contributed by atoms with E-state index in [0.29, 0.717) is 19.5 Å². The Balaban J connectivity index is 1.81. The average molecular weight is 372 g/mol. The molecule has 0 radical (unpaired) electrons. The fourth-order valence-electron chi connectivity index (χ4n) is 2.85. The van der Waals surface area contributed by atoms with Crippen LogP contribution >= 0.6 is 0 Å². The number of carbonyl (C=O) groups excluding carboxylic acids is 1. The third-order valence-electron chi connectivity index (χ3n) is 4.41. The molecule has 1 aromatic carbocycles. The van der Waals surface area contributed by atoms with E-state index in [1.54, 1.807) is 35.0 Å². The maximum Gasteiger partial charge on any atom is 0.236 e. The summed E-state index contributed by atoms with van der Waals surface area (Å²) in [5, 5.41) is 0. The number of sulfone groups is 1. The standard InChI is InChI=1S/C17H25FN2O4S/c1-3-20(9-10-24-16-7-5-4-6-15(16)18)17(21)12-19(2)14-8-11-25(22,23)13-14/h4-7,14H,3,8-13H2,1-2H3/t14-/m0/s1. The number of hydrogen-bond donors (Lipinski definition) is 0. The number of halogens is 1. The second-order valence-electron chi connectivity index (χ2n) is 6.22. The molecule has 0 bridgehead atoms. The van der Waals surface area contributed by atoms with Gasteiger partial charge in [0.15, 0.2) is 21.4 Å². The van der Waals surface area contributed by atoms with Gasteiger partial charge in [0.25, 0.3) is 0 Å². The van der Waals surface area contributed by atoms with E-state index in [-0.39, 0.29) is 42.4 Å². The summed E-state index contributed by atoms with van der Waals surface area (Å²) < 4.78 is 42.0. The van der Waals surface area contributed by atoms with Gasteiger partial charge in [0, 0.05) is 12.6 Å². The van der Waals surface area contributed by atoms with Crippen molar-refractivity contribution in [3.05, 3.63) is 30.1 Å². The molecule has 0 saturated carbocycles. The molecule has 0 spiro atoms. The van der Waals surface area contributed by atoms with Crippen LogP contribution in [0.2, 0.25) is 0 Å². The highest BCUT2D eigenvalue weighted by Crippen LogP contribution is 2.17. The van der Waals surface area contributed by atoms with Crippen LogP contribution in [-0.2, 0) is 14.6 Å². The largest absolute Gasteiger partial charge is 0.489 e. The zero-order chi connectivity index (χ0) is 18.4. The maximum atomic E-state index is 13.5. The molecule has 1 aliphatic heterocycles. The first-order valence-corrected chi connectivity index (χ1v) is 10.2. The summed E-state index contributed by atoms with van der Waals surface area (Å²) >= 11 is 0. The molecule has 1 amide bonds. The molecule has 2 rings (SSSR count). The lowest BCUT2D eigenvalue weighted by Crippen LogP contribution is -2.44. The van der Waals surface area contributed by atoms with E-state index >= 15 is 0 Å². The van der Waals surface area contributed by atoms with Gasteiger partial charge in [-0.2, -0.15) is 0 Å². The Morgan fingerprint density at radius 2 is 2.08 bits per heavy atom. The normalized spacial score (nSPS) is 19.1. The second kappa shape index (κ2) is 8.62. The Morgan fingerprint density at radius 1 is 1.36 bits per heavy atom. The van der Waals surface area contributed by atoms with Crippen LogP contribution in [0.5, 0.6) is 5.75 Å². The highest BCUT2D eigenvalue weighted by atomic mass is 32.2. The van der Waals surface area contributed by atoms with Crippen LogP contribution in [0.15, 0.2) is 24.3 Å². The number of hydrogen-bond acceptors (Lipinski definition) is 5. The SMILES string of the molecule is CCN(CCOc1ccccc1F)C(=O)CN(C)[C@H]1CCS(=O)(=O)C1. The molecule has 8 heteroatoms. The summed E-state index contributed by atoms with van der Waals surface area (Å²) in [6.07, 6.45) is 0.564. The number of rotatable bonds is 8. The van der Waals surface area contributed by atoms with Crippen LogP contribution in [0, 0.1) is 5.82 Å². The Hall–Kier alpha value is -1.67. The molecular weight excluding hydrogens is 347 g/mol. The van der Waals surface area contributed by atoms with Crippen molar-refractivity contribution in [2.24, 2.45) is 0 Å². The van der Waals surface area contributed by atoms with E-state index in [4.69, 9.17) is 4.74 Å². The molecule has 6 nitrogen and oxygen atoms in total. The molecule has 25 heavy (non-hydrogen) atoms. The summed E-state index contributed by atoms with van der Waals surface area (Å²) in [4.78, 5) is 15.8. The Kier molecular flexibility index (Phi) is 6.78. The fraction of sp³-hybridized carbons (Fsp3) is 0.588. The minimum atomic E-state index is -2.97. The van der Waals surface area contributed by atoms with Gasteiger partial charge in [-0.25, -0.2) is 12.8 Å². The molecule has 0 unspecified atom stereocenters. The van der Waals surface area contributed by atoms with Crippen LogP contribution in [-0.4, -0.2) is 75.0 Å². The first kappa shape index (κ1) is 19.7. The Morgan fingerprint density at radius 3 is 2.68 bits per heavy atom. The lowest BCUT2D eigenvalue weighted by molar-refractivity contribution is -0.132. The van der Waals surface area contributed by atoms with Crippen LogP contribution in [0.25, 0.3) is 0 Å². The van der Waals surface area contributed by atoms with Crippen molar-refractivity contribution in [1.82, 2.24) is 9.80 Å². The van der Waals surface area contributed by atoms with Crippen molar-refractivity contribution < 1.29 is 22.3 Å². The van der Waals surface area contributed by atoms with Gasteiger partial charge in [-0.1, -0.05) is 12.1 Å². The van der Waals surface area contributed by atoms with Gasteiger partial charge >= 0.3 is 0 Å². The number of likely N-dealkylation sites (N-methyl/N-ethyl adjacent to an activating group) is 2. The quantitative estimate of drug-likeness (QED) is 0.685. The van der Waals surface area contributed by atoms with Gasteiger partial charge in [-0.05, 0) is 32.5 Å². The number of benzene rings is 1. The van der Waals surface area contributed by atoms with Gasteiger partial charge in [0.1, 0.15) is 6.61 Å². The van der Waals surface area contributed by atoms with Crippen molar-refractivity contribution in [2.45, 2.75) is 19.4 Å².